The molecule has 0 spiro atoms. The van der Waals surface area contributed by atoms with Gasteiger partial charge in [-0.3, -0.25) is 9.80 Å². The molecule has 1 saturated heterocycles. The molecule has 0 aliphatic carbocycles. The number of benzene rings is 2. The third-order valence-corrected chi connectivity index (χ3v) is 6.28. The zero-order valence-corrected chi connectivity index (χ0v) is 18.9. The maximum absolute atomic E-state index is 10.4. The van der Waals surface area contributed by atoms with Crippen LogP contribution in [0.15, 0.2) is 48.5 Å². The van der Waals surface area contributed by atoms with Crippen LogP contribution in [-0.4, -0.2) is 72.4 Å². The van der Waals surface area contributed by atoms with Crippen LogP contribution < -0.4 is 9.47 Å². The summed E-state index contributed by atoms with van der Waals surface area (Å²) >= 11 is 1.97. The highest BCUT2D eigenvalue weighted by Crippen LogP contribution is 2.29. The first-order valence-electron chi connectivity index (χ1n) is 10.7. The van der Waals surface area contributed by atoms with Gasteiger partial charge in [0.05, 0.1) is 7.11 Å². The number of thioether (sulfide) groups is 1. The Bertz CT molecular complexity index is 753. The summed E-state index contributed by atoms with van der Waals surface area (Å²) in [7, 11) is 1.66. The van der Waals surface area contributed by atoms with Crippen LogP contribution in [0.1, 0.15) is 18.1 Å². The van der Waals surface area contributed by atoms with E-state index in [-0.39, 0.29) is 6.61 Å². The van der Waals surface area contributed by atoms with Crippen LogP contribution in [0.2, 0.25) is 0 Å². The molecule has 1 unspecified atom stereocenters. The van der Waals surface area contributed by atoms with E-state index in [0.29, 0.717) is 18.0 Å². The normalized spacial score (nSPS) is 15.9. The molecule has 2 aromatic rings. The Kier molecular flexibility index (Phi) is 9.33. The van der Waals surface area contributed by atoms with E-state index >= 15 is 0 Å². The summed E-state index contributed by atoms with van der Waals surface area (Å²) in [4.78, 5) is 4.70. The van der Waals surface area contributed by atoms with Crippen LogP contribution in [0.3, 0.4) is 0 Å². The summed E-state index contributed by atoms with van der Waals surface area (Å²) in [5.41, 5.74) is 2.50. The van der Waals surface area contributed by atoms with Gasteiger partial charge < -0.3 is 14.6 Å². The minimum atomic E-state index is -0.501. The maximum Gasteiger partial charge on any atom is 0.161 e. The van der Waals surface area contributed by atoms with Gasteiger partial charge in [-0.1, -0.05) is 43.3 Å². The topological polar surface area (TPSA) is 45.2 Å². The molecule has 0 aromatic heterocycles. The number of ether oxygens (including phenoxy) is 2. The van der Waals surface area contributed by atoms with Crippen molar-refractivity contribution < 1.29 is 14.6 Å². The Balaban J connectivity index is 1.54. The molecule has 0 radical (unpaired) electrons. The molecule has 1 aliphatic heterocycles. The molecule has 3 rings (SSSR count). The van der Waals surface area contributed by atoms with E-state index in [9.17, 15) is 5.11 Å². The summed E-state index contributed by atoms with van der Waals surface area (Å²) in [6.45, 7) is 7.92. The fourth-order valence-corrected chi connectivity index (χ4v) is 4.61. The molecule has 30 heavy (non-hydrogen) atoms. The standard InChI is InChI=1S/C24H34N2O3S/c1-3-25(16-20-7-5-4-6-8-20)17-21-9-10-23(24(15-21)28-2)29-19-22(27)18-26-11-13-30-14-12-26/h4-10,15,22,27H,3,11-14,16-19H2,1-2H3. The molecule has 2 aromatic carbocycles. The van der Waals surface area contributed by atoms with Crippen LogP contribution in [0, 0.1) is 0 Å². The number of aliphatic hydroxyl groups is 1. The lowest BCUT2D eigenvalue weighted by Crippen LogP contribution is -2.40. The summed E-state index contributed by atoms with van der Waals surface area (Å²) < 4.78 is 11.5. The zero-order chi connectivity index (χ0) is 21.2. The number of aliphatic hydroxyl groups excluding tert-OH is 1. The third-order valence-electron chi connectivity index (χ3n) is 5.33. The van der Waals surface area contributed by atoms with E-state index < -0.39 is 6.10 Å². The highest BCUT2D eigenvalue weighted by Gasteiger charge is 2.16. The molecule has 0 bridgehead atoms. The molecule has 1 heterocycles. The Morgan fingerprint density at radius 2 is 1.77 bits per heavy atom. The van der Waals surface area contributed by atoms with Crippen molar-refractivity contribution in [3.8, 4) is 11.5 Å². The second-order valence-electron chi connectivity index (χ2n) is 7.65. The number of methoxy groups -OCH3 is 1. The van der Waals surface area contributed by atoms with Gasteiger partial charge in [0.1, 0.15) is 12.7 Å². The number of rotatable bonds is 11. The van der Waals surface area contributed by atoms with E-state index in [1.165, 1.54) is 11.1 Å². The fraction of sp³-hybridized carbons (Fsp3) is 0.500. The maximum atomic E-state index is 10.4. The van der Waals surface area contributed by atoms with Gasteiger partial charge >= 0.3 is 0 Å². The van der Waals surface area contributed by atoms with E-state index in [4.69, 9.17) is 9.47 Å². The number of hydrogen-bond acceptors (Lipinski definition) is 6. The van der Waals surface area contributed by atoms with E-state index in [1.54, 1.807) is 7.11 Å². The summed E-state index contributed by atoms with van der Waals surface area (Å²) in [5, 5.41) is 10.4. The number of nitrogens with zero attached hydrogens (tertiary/aromatic N) is 2. The van der Waals surface area contributed by atoms with Crippen molar-refractivity contribution in [2.75, 3.05) is 51.4 Å². The number of hydrogen-bond donors (Lipinski definition) is 1. The first-order valence-corrected chi connectivity index (χ1v) is 11.9. The smallest absolute Gasteiger partial charge is 0.161 e. The highest BCUT2D eigenvalue weighted by atomic mass is 32.2. The van der Waals surface area contributed by atoms with Crippen molar-refractivity contribution >= 4 is 11.8 Å². The fourth-order valence-electron chi connectivity index (χ4n) is 3.63. The SMILES string of the molecule is CCN(Cc1ccccc1)Cc1ccc(OCC(O)CN2CCSCC2)c(OC)c1. The van der Waals surface area contributed by atoms with Crippen LogP contribution in [0.4, 0.5) is 0 Å². The van der Waals surface area contributed by atoms with Crippen molar-refractivity contribution in [1.29, 1.82) is 0 Å². The molecule has 1 fully saturated rings. The summed E-state index contributed by atoms with van der Waals surface area (Å²) in [6.07, 6.45) is -0.501. The van der Waals surface area contributed by atoms with Gasteiger partial charge in [-0.2, -0.15) is 11.8 Å². The summed E-state index contributed by atoms with van der Waals surface area (Å²) in [5.74, 6) is 3.68. The molecule has 6 heteroatoms. The molecule has 0 amide bonds. The van der Waals surface area contributed by atoms with Gasteiger partial charge in [0, 0.05) is 44.2 Å². The summed E-state index contributed by atoms with van der Waals surface area (Å²) in [6, 6.07) is 16.6. The predicted molar refractivity (Wildman–Crippen MR) is 124 cm³/mol. The van der Waals surface area contributed by atoms with Crippen LogP contribution in [0.25, 0.3) is 0 Å². The van der Waals surface area contributed by atoms with Crippen LogP contribution in [-0.2, 0) is 13.1 Å². The van der Waals surface area contributed by atoms with Crippen LogP contribution in [0.5, 0.6) is 11.5 Å². The van der Waals surface area contributed by atoms with Crippen molar-refractivity contribution in [3.63, 3.8) is 0 Å². The first-order chi connectivity index (χ1) is 14.7. The quantitative estimate of drug-likeness (QED) is 0.589. The largest absolute Gasteiger partial charge is 0.493 e. The van der Waals surface area contributed by atoms with Gasteiger partial charge in [0.2, 0.25) is 0 Å². The van der Waals surface area contributed by atoms with Crippen LogP contribution >= 0.6 is 11.8 Å². The molecule has 5 nitrogen and oxygen atoms in total. The first kappa shape index (κ1) is 22.9. The average molecular weight is 431 g/mol. The average Bonchev–Trinajstić information content (AvgIpc) is 2.79. The molecule has 164 valence electrons. The van der Waals surface area contributed by atoms with Gasteiger partial charge in [-0.05, 0) is 29.8 Å². The second-order valence-corrected chi connectivity index (χ2v) is 8.88. The predicted octanol–water partition coefficient (Wildman–Crippen LogP) is 3.51. The molecule has 0 saturated carbocycles. The Labute approximate surface area is 185 Å². The lowest BCUT2D eigenvalue weighted by molar-refractivity contribution is 0.0704. The van der Waals surface area contributed by atoms with Crippen molar-refractivity contribution in [3.05, 3.63) is 59.7 Å². The molecular weight excluding hydrogens is 396 g/mol. The van der Waals surface area contributed by atoms with Gasteiger partial charge in [0.15, 0.2) is 11.5 Å². The minimum Gasteiger partial charge on any atom is -0.493 e. The third kappa shape index (κ3) is 7.20. The van der Waals surface area contributed by atoms with Crippen molar-refractivity contribution in [1.82, 2.24) is 9.80 Å². The monoisotopic (exact) mass is 430 g/mol. The van der Waals surface area contributed by atoms with E-state index in [1.807, 2.05) is 30.0 Å². The zero-order valence-electron chi connectivity index (χ0n) is 18.1. The lowest BCUT2D eigenvalue weighted by atomic mass is 10.1. The van der Waals surface area contributed by atoms with E-state index in [2.05, 4.69) is 47.1 Å². The Morgan fingerprint density at radius 3 is 2.47 bits per heavy atom. The molecule has 1 atom stereocenters. The minimum absolute atomic E-state index is 0.272. The lowest BCUT2D eigenvalue weighted by Gasteiger charge is -2.28. The van der Waals surface area contributed by atoms with E-state index in [0.717, 1.165) is 44.2 Å². The van der Waals surface area contributed by atoms with Crippen molar-refractivity contribution in [2.45, 2.75) is 26.1 Å². The van der Waals surface area contributed by atoms with Gasteiger partial charge in [-0.25, -0.2) is 0 Å². The number of β-amino-alcohol motifs (C(OH)–C–C–N with tert-alkyl or cyclic N) is 1. The highest BCUT2D eigenvalue weighted by molar-refractivity contribution is 7.99. The Hall–Kier alpha value is -1.73. The Morgan fingerprint density at radius 1 is 1.03 bits per heavy atom. The second kappa shape index (κ2) is 12.2. The molecule has 1 N–H and O–H groups in total. The van der Waals surface area contributed by atoms with Gasteiger partial charge in [0.25, 0.3) is 0 Å². The van der Waals surface area contributed by atoms with Crippen molar-refractivity contribution in [2.24, 2.45) is 0 Å². The van der Waals surface area contributed by atoms with Gasteiger partial charge in [-0.15, -0.1) is 0 Å². The molecular formula is C24H34N2O3S. The molecule has 1 aliphatic rings.